The molecule has 16 heavy (non-hydrogen) atoms. The minimum atomic E-state index is -1.22. The highest BCUT2D eigenvalue weighted by Crippen LogP contribution is 2.16. The van der Waals surface area contributed by atoms with Gasteiger partial charge >= 0.3 is 11.9 Å². The van der Waals surface area contributed by atoms with Gasteiger partial charge in [0.2, 0.25) is 0 Å². The Hall–Kier alpha value is -1.14. The maximum atomic E-state index is 11.4. The summed E-state index contributed by atoms with van der Waals surface area (Å²) >= 11 is 0. The van der Waals surface area contributed by atoms with E-state index < -0.39 is 35.9 Å². The number of ether oxygens (including phenoxy) is 1. The van der Waals surface area contributed by atoms with E-state index in [1.54, 1.807) is 6.92 Å². The van der Waals surface area contributed by atoms with Crippen LogP contribution in [0.15, 0.2) is 0 Å². The Morgan fingerprint density at radius 2 is 1.88 bits per heavy atom. The van der Waals surface area contributed by atoms with E-state index in [1.807, 2.05) is 0 Å². The Labute approximate surface area is 94.4 Å². The van der Waals surface area contributed by atoms with Crippen LogP contribution in [0, 0.1) is 11.8 Å². The Kier molecular flexibility index (Phi) is 5.98. The van der Waals surface area contributed by atoms with Crippen LogP contribution in [0.2, 0.25) is 0 Å². The molecule has 0 radical (unpaired) electrons. The molecule has 0 amide bonds. The van der Waals surface area contributed by atoms with E-state index >= 15 is 0 Å². The van der Waals surface area contributed by atoms with Crippen LogP contribution in [0.3, 0.4) is 0 Å². The number of rotatable bonds is 6. The van der Waals surface area contributed by atoms with Crippen molar-refractivity contribution in [3.05, 3.63) is 0 Å². The lowest BCUT2D eigenvalue weighted by Crippen LogP contribution is -2.48. The lowest BCUT2D eigenvalue weighted by molar-refractivity contribution is -0.152. The van der Waals surface area contributed by atoms with Crippen molar-refractivity contribution in [3.8, 4) is 0 Å². The van der Waals surface area contributed by atoms with Crippen molar-refractivity contribution in [1.29, 1.82) is 0 Å². The van der Waals surface area contributed by atoms with Crippen LogP contribution in [-0.4, -0.2) is 40.9 Å². The molecule has 94 valence electrons. The molecule has 4 N–H and O–H groups in total. The fraction of sp³-hybridized carbons (Fsp3) is 0.800. The average Bonchev–Trinajstić information content (AvgIpc) is 2.15. The molecule has 0 aromatic carbocycles. The zero-order valence-electron chi connectivity index (χ0n) is 9.71. The summed E-state index contributed by atoms with van der Waals surface area (Å²) in [6.07, 6.45) is -1.12. The van der Waals surface area contributed by atoms with Gasteiger partial charge < -0.3 is 20.7 Å². The molecule has 6 heteroatoms. The van der Waals surface area contributed by atoms with Gasteiger partial charge in [0.1, 0.15) is 0 Å². The van der Waals surface area contributed by atoms with Crippen molar-refractivity contribution >= 4 is 11.9 Å². The molecular formula is C10H19NO5. The molecule has 0 saturated heterocycles. The molecule has 0 rings (SSSR count). The van der Waals surface area contributed by atoms with Gasteiger partial charge in [-0.25, -0.2) is 0 Å². The molecular weight excluding hydrogens is 214 g/mol. The second kappa shape index (κ2) is 6.44. The standard InChI is InChI=1S/C10H19NO5/c1-4-16-10(15)5(2)8(11)7(6(3)12)9(13)14/h5-8,12H,4,11H2,1-3H3,(H,13,14). The second-order valence-electron chi connectivity index (χ2n) is 3.72. The number of aliphatic hydroxyl groups is 1. The van der Waals surface area contributed by atoms with Crippen LogP contribution >= 0.6 is 0 Å². The SMILES string of the molecule is CCOC(=O)C(C)C(N)C(C(=O)O)C(C)O. The Morgan fingerprint density at radius 1 is 1.38 bits per heavy atom. The third-order valence-corrected chi connectivity index (χ3v) is 2.46. The van der Waals surface area contributed by atoms with Crippen LogP contribution in [0.25, 0.3) is 0 Å². The normalized spacial score (nSPS) is 18.3. The maximum Gasteiger partial charge on any atom is 0.310 e. The maximum absolute atomic E-state index is 11.4. The molecule has 0 aromatic heterocycles. The van der Waals surface area contributed by atoms with E-state index in [-0.39, 0.29) is 6.61 Å². The predicted octanol–water partition coefficient (Wildman–Crippen LogP) is -0.405. The first-order valence-electron chi connectivity index (χ1n) is 5.16. The number of carbonyl (C=O) groups excluding carboxylic acids is 1. The number of carbonyl (C=O) groups is 2. The zero-order valence-corrected chi connectivity index (χ0v) is 9.71. The first kappa shape index (κ1) is 14.9. The molecule has 0 aliphatic heterocycles. The largest absolute Gasteiger partial charge is 0.481 e. The van der Waals surface area contributed by atoms with E-state index in [0.717, 1.165) is 0 Å². The van der Waals surface area contributed by atoms with Gasteiger partial charge in [0.25, 0.3) is 0 Å². The molecule has 4 atom stereocenters. The number of nitrogens with two attached hydrogens (primary N) is 1. The molecule has 0 heterocycles. The lowest BCUT2D eigenvalue weighted by Gasteiger charge is -2.26. The first-order valence-corrected chi connectivity index (χ1v) is 5.16. The number of aliphatic carboxylic acids is 1. The molecule has 0 saturated carbocycles. The molecule has 0 bridgehead atoms. The number of hydrogen-bond donors (Lipinski definition) is 3. The van der Waals surface area contributed by atoms with Gasteiger partial charge in [-0.15, -0.1) is 0 Å². The van der Waals surface area contributed by atoms with Gasteiger partial charge in [-0.1, -0.05) is 6.92 Å². The fourth-order valence-electron chi connectivity index (χ4n) is 1.43. The summed E-state index contributed by atoms with van der Waals surface area (Å²) in [6.45, 7) is 4.68. The van der Waals surface area contributed by atoms with E-state index in [1.165, 1.54) is 13.8 Å². The van der Waals surface area contributed by atoms with Crippen molar-refractivity contribution in [1.82, 2.24) is 0 Å². The summed E-state index contributed by atoms with van der Waals surface area (Å²) in [4.78, 5) is 22.2. The molecule has 0 aromatic rings. The van der Waals surface area contributed by atoms with Crippen LogP contribution in [0.5, 0.6) is 0 Å². The van der Waals surface area contributed by atoms with Crippen molar-refractivity contribution in [2.45, 2.75) is 32.9 Å². The predicted molar refractivity (Wildman–Crippen MR) is 56.6 cm³/mol. The number of carboxylic acids is 1. The number of carboxylic acid groups (broad SMARTS) is 1. The Morgan fingerprint density at radius 3 is 2.19 bits per heavy atom. The monoisotopic (exact) mass is 233 g/mol. The van der Waals surface area contributed by atoms with Gasteiger partial charge in [-0.3, -0.25) is 9.59 Å². The van der Waals surface area contributed by atoms with Crippen LogP contribution in [-0.2, 0) is 14.3 Å². The summed E-state index contributed by atoms with van der Waals surface area (Å²) in [7, 11) is 0. The Bertz CT molecular complexity index is 254. The summed E-state index contributed by atoms with van der Waals surface area (Å²) in [5.41, 5.74) is 5.65. The molecule has 0 fully saturated rings. The third kappa shape index (κ3) is 3.79. The van der Waals surface area contributed by atoms with Crippen LogP contribution in [0.4, 0.5) is 0 Å². The third-order valence-electron chi connectivity index (χ3n) is 2.46. The molecule has 0 spiro atoms. The lowest BCUT2D eigenvalue weighted by atomic mass is 9.86. The minimum absolute atomic E-state index is 0.211. The fourth-order valence-corrected chi connectivity index (χ4v) is 1.43. The van der Waals surface area contributed by atoms with Crippen molar-refractivity contribution in [2.24, 2.45) is 17.6 Å². The number of hydrogen-bond acceptors (Lipinski definition) is 5. The van der Waals surface area contributed by atoms with Gasteiger partial charge in [0.15, 0.2) is 0 Å². The van der Waals surface area contributed by atoms with Crippen LogP contribution in [0.1, 0.15) is 20.8 Å². The van der Waals surface area contributed by atoms with Gasteiger partial charge in [-0.05, 0) is 13.8 Å². The Balaban J connectivity index is 4.67. The highest BCUT2D eigenvalue weighted by Gasteiger charge is 2.36. The molecule has 0 aliphatic carbocycles. The van der Waals surface area contributed by atoms with Gasteiger partial charge in [0.05, 0.1) is 24.5 Å². The number of esters is 1. The molecule has 0 aliphatic rings. The molecule has 4 unspecified atom stereocenters. The molecule has 6 nitrogen and oxygen atoms in total. The highest BCUT2D eigenvalue weighted by atomic mass is 16.5. The van der Waals surface area contributed by atoms with E-state index in [2.05, 4.69) is 0 Å². The van der Waals surface area contributed by atoms with Crippen LogP contribution < -0.4 is 5.73 Å². The van der Waals surface area contributed by atoms with E-state index in [4.69, 9.17) is 15.6 Å². The quantitative estimate of drug-likeness (QED) is 0.538. The van der Waals surface area contributed by atoms with E-state index in [0.29, 0.717) is 0 Å². The van der Waals surface area contributed by atoms with Gasteiger partial charge in [-0.2, -0.15) is 0 Å². The summed E-state index contributed by atoms with van der Waals surface area (Å²) in [5.74, 6) is -3.73. The summed E-state index contributed by atoms with van der Waals surface area (Å²) in [6, 6.07) is -0.975. The van der Waals surface area contributed by atoms with E-state index in [9.17, 15) is 14.7 Å². The zero-order chi connectivity index (χ0) is 12.9. The summed E-state index contributed by atoms with van der Waals surface area (Å²) in [5, 5.41) is 18.2. The number of aliphatic hydroxyl groups excluding tert-OH is 1. The van der Waals surface area contributed by atoms with Crippen molar-refractivity contribution < 1.29 is 24.5 Å². The van der Waals surface area contributed by atoms with Crippen molar-refractivity contribution in [3.63, 3.8) is 0 Å². The minimum Gasteiger partial charge on any atom is -0.481 e. The average molecular weight is 233 g/mol. The first-order chi connectivity index (χ1) is 7.32. The van der Waals surface area contributed by atoms with Gasteiger partial charge in [0, 0.05) is 6.04 Å². The highest BCUT2D eigenvalue weighted by molar-refractivity contribution is 5.76. The second-order valence-corrected chi connectivity index (χ2v) is 3.72. The summed E-state index contributed by atoms with van der Waals surface area (Å²) < 4.78 is 4.74. The smallest absolute Gasteiger partial charge is 0.310 e. The topological polar surface area (TPSA) is 110 Å². The van der Waals surface area contributed by atoms with Crippen molar-refractivity contribution in [2.75, 3.05) is 6.61 Å².